The third-order valence-corrected chi connectivity index (χ3v) is 3.02. The number of fused-ring (bicyclic) bond motifs is 1. The first kappa shape index (κ1) is 11.9. The topological polar surface area (TPSA) is 55.9 Å². The fourth-order valence-electron chi connectivity index (χ4n) is 2.11. The molecule has 0 bridgehead atoms. The summed E-state index contributed by atoms with van der Waals surface area (Å²) in [6.45, 7) is 3.19. The lowest BCUT2D eigenvalue weighted by Gasteiger charge is -2.07. The van der Waals surface area contributed by atoms with Crippen LogP contribution < -0.4 is 11.3 Å². The Morgan fingerprint density at radius 2 is 2.06 bits per heavy atom. The van der Waals surface area contributed by atoms with Gasteiger partial charge in [-0.1, -0.05) is 38.3 Å². The number of hydrazine groups is 1. The van der Waals surface area contributed by atoms with Gasteiger partial charge in [-0.15, -0.1) is 0 Å². The van der Waals surface area contributed by atoms with Crippen molar-refractivity contribution >= 4 is 17.0 Å². The van der Waals surface area contributed by atoms with Crippen LogP contribution in [0.5, 0.6) is 0 Å². The van der Waals surface area contributed by atoms with E-state index in [1.165, 1.54) is 25.7 Å². The van der Waals surface area contributed by atoms with Crippen LogP contribution in [0.2, 0.25) is 0 Å². The first-order valence-corrected chi connectivity index (χ1v) is 6.28. The van der Waals surface area contributed by atoms with Crippen LogP contribution in [-0.2, 0) is 6.54 Å². The molecular weight excluding hydrogens is 212 g/mol. The van der Waals surface area contributed by atoms with Gasteiger partial charge in [-0.25, -0.2) is 10.8 Å². The highest BCUT2D eigenvalue weighted by molar-refractivity contribution is 5.78. The van der Waals surface area contributed by atoms with Crippen molar-refractivity contribution < 1.29 is 0 Å². The molecule has 3 N–H and O–H groups in total. The van der Waals surface area contributed by atoms with Gasteiger partial charge in [0.25, 0.3) is 0 Å². The highest BCUT2D eigenvalue weighted by Gasteiger charge is 2.08. The smallest absolute Gasteiger partial charge is 0.218 e. The Morgan fingerprint density at radius 3 is 2.82 bits per heavy atom. The molecule has 0 spiro atoms. The van der Waals surface area contributed by atoms with E-state index in [9.17, 15) is 0 Å². The fourth-order valence-corrected chi connectivity index (χ4v) is 2.11. The average molecular weight is 232 g/mol. The standard InChI is InChI=1S/C13H20N4/c1-2-3-4-7-10-17-12-9-6-5-8-11(12)15-13(17)16-14/h5-6,8-9H,2-4,7,10,14H2,1H3,(H,15,16). The van der Waals surface area contributed by atoms with Gasteiger partial charge < -0.3 is 4.57 Å². The molecule has 0 amide bonds. The number of imidazole rings is 1. The van der Waals surface area contributed by atoms with Gasteiger partial charge in [-0.2, -0.15) is 0 Å². The number of anilines is 1. The Morgan fingerprint density at radius 1 is 1.24 bits per heavy atom. The minimum Gasteiger partial charge on any atom is -0.309 e. The van der Waals surface area contributed by atoms with E-state index in [1.54, 1.807) is 0 Å². The van der Waals surface area contributed by atoms with E-state index in [4.69, 9.17) is 5.84 Å². The molecule has 1 heterocycles. The van der Waals surface area contributed by atoms with Crippen molar-refractivity contribution in [1.29, 1.82) is 0 Å². The van der Waals surface area contributed by atoms with Crippen molar-refractivity contribution in [3.63, 3.8) is 0 Å². The Kier molecular flexibility index (Phi) is 3.98. The summed E-state index contributed by atoms with van der Waals surface area (Å²) in [4.78, 5) is 4.46. The van der Waals surface area contributed by atoms with Gasteiger partial charge in [0, 0.05) is 6.54 Å². The molecule has 0 unspecified atom stereocenters. The molecule has 92 valence electrons. The first-order valence-electron chi connectivity index (χ1n) is 6.28. The van der Waals surface area contributed by atoms with E-state index < -0.39 is 0 Å². The molecule has 0 radical (unpaired) electrons. The minimum atomic E-state index is 0.752. The second kappa shape index (κ2) is 5.68. The quantitative estimate of drug-likeness (QED) is 0.457. The van der Waals surface area contributed by atoms with Crippen LogP contribution in [0, 0.1) is 0 Å². The number of aryl methyl sites for hydroxylation is 1. The molecule has 4 heteroatoms. The number of nitrogen functional groups attached to an aromatic ring is 1. The van der Waals surface area contributed by atoms with Crippen molar-refractivity contribution in [3.05, 3.63) is 24.3 Å². The zero-order valence-corrected chi connectivity index (χ0v) is 10.3. The van der Waals surface area contributed by atoms with Gasteiger partial charge in [0.1, 0.15) is 0 Å². The summed E-state index contributed by atoms with van der Waals surface area (Å²) in [5, 5.41) is 0. The molecule has 17 heavy (non-hydrogen) atoms. The average Bonchev–Trinajstić information content (AvgIpc) is 2.73. The molecule has 2 rings (SSSR count). The van der Waals surface area contributed by atoms with E-state index >= 15 is 0 Å². The van der Waals surface area contributed by atoms with Crippen molar-refractivity contribution in [2.45, 2.75) is 39.2 Å². The van der Waals surface area contributed by atoms with Crippen LogP contribution in [0.3, 0.4) is 0 Å². The normalized spacial score (nSPS) is 10.9. The molecule has 1 aromatic carbocycles. The number of nitrogens with zero attached hydrogens (tertiary/aromatic N) is 2. The van der Waals surface area contributed by atoms with Crippen molar-refractivity contribution in [2.24, 2.45) is 5.84 Å². The number of hydrogen-bond donors (Lipinski definition) is 2. The van der Waals surface area contributed by atoms with Crippen LogP contribution in [0.4, 0.5) is 5.95 Å². The van der Waals surface area contributed by atoms with E-state index in [0.717, 1.165) is 23.5 Å². The lowest BCUT2D eigenvalue weighted by molar-refractivity contribution is 0.594. The van der Waals surface area contributed by atoms with Gasteiger partial charge in [-0.3, -0.25) is 5.43 Å². The molecule has 0 saturated heterocycles. The SMILES string of the molecule is CCCCCCn1c(NN)nc2ccccc21. The van der Waals surface area contributed by atoms with E-state index in [0.29, 0.717) is 0 Å². The van der Waals surface area contributed by atoms with Gasteiger partial charge in [-0.05, 0) is 18.6 Å². The molecule has 4 nitrogen and oxygen atoms in total. The molecule has 2 aromatic rings. The summed E-state index contributed by atoms with van der Waals surface area (Å²) in [5.74, 6) is 6.26. The lowest BCUT2D eigenvalue weighted by atomic mass is 10.2. The van der Waals surface area contributed by atoms with Crippen molar-refractivity contribution in [2.75, 3.05) is 5.43 Å². The number of nitrogens with two attached hydrogens (primary N) is 1. The molecule has 0 aliphatic rings. The highest BCUT2D eigenvalue weighted by atomic mass is 15.3. The van der Waals surface area contributed by atoms with E-state index in [2.05, 4.69) is 28.0 Å². The molecule has 0 fully saturated rings. The monoisotopic (exact) mass is 232 g/mol. The second-order valence-corrected chi connectivity index (χ2v) is 4.28. The van der Waals surface area contributed by atoms with Gasteiger partial charge in [0.05, 0.1) is 11.0 Å². The van der Waals surface area contributed by atoms with Crippen molar-refractivity contribution in [1.82, 2.24) is 9.55 Å². The number of para-hydroxylation sites is 2. The Hall–Kier alpha value is -1.55. The maximum atomic E-state index is 5.51. The molecule has 0 atom stereocenters. The Bertz CT molecular complexity index is 475. The predicted octanol–water partition coefficient (Wildman–Crippen LogP) is 2.90. The predicted molar refractivity (Wildman–Crippen MR) is 71.7 cm³/mol. The van der Waals surface area contributed by atoms with Gasteiger partial charge in [0.15, 0.2) is 0 Å². The largest absolute Gasteiger partial charge is 0.309 e. The van der Waals surface area contributed by atoms with Crippen LogP contribution in [-0.4, -0.2) is 9.55 Å². The minimum absolute atomic E-state index is 0.752. The van der Waals surface area contributed by atoms with Gasteiger partial charge >= 0.3 is 0 Å². The first-order chi connectivity index (χ1) is 8.36. The molecule has 0 saturated carbocycles. The van der Waals surface area contributed by atoms with Crippen LogP contribution in [0.1, 0.15) is 32.6 Å². The third kappa shape index (κ3) is 2.58. The van der Waals surface area contributed by atoms with Gasteiger partial charge in [0.2, 0.25) is 5.95 Å². The summed E-state index contributed by atoms with van der Waals surface area (Å²) in [6.07, 6.45) is 4.97. The Labute approximate surface area is 102 Å². The molecule has 0 aliphatic heterocycles. The summed E-state index contributed by atoms with van der Waals surface area (Å²) >= 11 is 0. The number of rotatable bonds is 6. The second-order valence-electron chi connectivity index (χ2n) is 4.28. The number of unbranched alkanes of at least 4 members (excludes halogenated alkanes) is 3. The van der Waals surface area contributed by atoms with Crippen molar-refractivity contribution in [3.8, 4) is 0 Å². The number of nitrogens with one attached hydrogen (secondary N) is 1. The van der Waals surface area contributed by atoms with E-state index in [-0.39, 0.29) is 0 Å². The molecule has 0 aliphatic carbocycles. The van der Waals surface area contributed by atoms with Crippen LogP contribution in [0.25, 0.3) is 11.0 Å². The number of benzene rings is 1. The maximum Gasteiger partial charge on any atom is 0.218 e. The highest BCUT2D eigenvalue weighted by Crippen LogP contribution is 2.19. The van der Waals surface area contributed by atoms with Crippen LogP contribution in [0.15, 0.2) is 24.3 Å². The van der Waals surface area contributed by atoms with Crippen LogP contribution >= 0.6 is 0 Å². The zero-order chi connectivity index (χ0) is 12.1. The van der Waals surface area contributed by atoms with E-state index in [1.807, 2.05) is 18.2 Å². The summed E-state index contributed by atoms with van der Waals surface area (Å²) in [7, 11) is 0. The summed E-state index contributed by atoms with van der Waals surface area (Å²) < 4.78 is 2.16. The summed E-state index contributed by atoms with van der Waals surface area (Å²) in [6, 6.07) is 8.13. The lowest BCUT2D eigenvalue weighted by Crippen LogP contribution is -2.13. The maximum absolute atomic E-state index is 5.51. The molecule has 1 aromatic heterocycles. The zero-order valence-electron chi connectivity index (χ0n) is 10.3. The third-order valence-electron chi connectivity index (χ3n) is 3.02. The fraction of sp³-hybridized carbons (Fsp3) is 0.462. The number of aromatic nitrogens is 2. The Balaban J connectivity index is 2.18. The summed E-state index contributed by atoms with van der Waals surface area (Å²) in [5.41, 5.74) is 4.82. The molecular formula is C13H20N4. The number of hydrogen-bond acceptors (Lipinski definition) is 3.